The fraction of sp³-hybridized carbons (Fsp3) is 0.286. The van der Waals surface area contributed by atoms with E-state index < -0.39 is 5.41 Å². The quantitative estimate of drug-likeness (QED) is 0.589. The van der Waals surface area contributed by atoms with Crippen LogP contribution in [0.5, 0.6) is 5.75 Å². The van der Waals surface area contributed by atoms with Gasteiger partial charge in [-0.05, 0) is 42.5 Å². The lowest BCUT2D eigenvalue weighted by molar-refractivity contribution is -0.133. The second-order valence-corrected chi connectivity index (χ2v) is 8.86. The average molecular weight is 443 g/mol. The highest BCUT2D eigenvalue weighted by Gasteiger charge is 2.45. The van der Waals surface area contributed by atoms with E-state index in [2.05, 4.69) is 0 Å². The summed E-state index contributed by atoms with van der Waals surface area (Å²) in [6, 6.07) is 25.8. The van der Waals surface area contributed by atoms with Crippen molar-refractivity contribution < 1.29 is 14.3 Å². The van der Waals surface area contributed by atoms with Crippen LogP contribution in [0, 0.1) is 5.41 Å². The third-order valence-corrected chi connectivity index (χ3v) is 6.77. The fourth-order valence-corrected chi connectivity index (χ4v) is 4.73. The molecule has 0 bridgehead atoms. The SMILES string of the molecule is COc1ccccc1-c1ccc(C[C@]2(C(N)=O)CCN(C(=O)[C@H](C)c3ccccc3)C2)cc1. The molecule has 4 rings (SSSR count). The molecular formula is C28H30N2O3. The minimum Gasteiger partial charge on any atom is -0.496 e. The number of methoxy groups -OCH3 is 1. The molecule has 0 saturated carbocycles. The van der Waals surface area contributed by atoms with Crippen LogP contribution in [0.25, 0.3) is 11.1 Å². The van der Waals surface area contributed by atoms with Crippen molar-refractivity contribution >= 4 is 11.8 Å². The third kappa shape index (κ3) is 4.63. The van der Waals surface area contributed by atoms with Crippen molar-refractivity contribution in [1.82, 2.24) is 4.90 Å². The second-order valence-electron chi connectivity index (χ2n) is 8.86. The molecule has 1 fully saturated rings. The normalized spacial score (nSPS) is 18.7. The predicted octanol–water partition coefficient (Wildman–Crippen LogP) is 4.41. The number of amides is 2. The van der Waals surface area contributed by atoms with Crippen LogP contribution in [0.15, 0.2) is 78.9 Å². The van der Waals surface area contributed by atoms with Gasteiger partial charge in [0.25, 0.3) is 0 Å². The summed E-state index contributed by atoms with van der Waals surface area (Å²) in [5, 5.41) is 0. The molecule has 0 aliphatic carbocycles. The van der Waals surface area contributed by atoms with Crippen LogP contribution >= 0.6 is 0 Å². The standard InChI is InChI=1S/C28H30N2O3/c1-20(22-8-4-3-5-9-22)26(31)30-17-16-28(19-30,27(29)32)18-21-12-14-23(15-13-21)24-10-6-7-11-25(24)33-2/h3-15,20H,16-19H2,1-2H3,(H2,29,32)/t20-,28-/m1/s1. The van der Waals surface area contributed by atoms with Gasteiger partial charge in [0.05, 0.1) is 18.4 Å². The monoisotopic (exact) mass is 442 g/mol. The topological polar surface area (TPSA) is 72.6 Å². The summed E-state index contributed by atoms with van der Waals surface area (Å²) in [5.41, 5.74) is 9.21. The molecule has 0 radical (unpaired) electrons. The first-order valence-corrected chi connectivity index (χ1v) is 11.3. The van der Waals surface area contributed by atoms with Crippen molar-refractivity contribution in [3.05, 3.63) is 90.0 Å². The summed E-state index contributed by atoms with van der Waals surface area (Å²) in [4.78, 5) is 27.5. The molecule has 3 aromatic carbocycles. The van der Waals surface area contributed by atoms with E-state index in [0.29, 0.717) is 25.9 Å². The number of hydrogen-bond donors (Lipinski definition) is 1. The van der Waals surface area contributed by atoms with Gasteiger partial charge in [0.1, 0.15) is 5.75 Å². The number of primary amides is 1. The van der Waals surface area contributed by atoms with Gasteiger partial charge in [0.2, 0.25) is 11.8 Å². The number of rotatable bonds is 7. The van der Waals surface area contributed by atoms with Crippen molar-refractivity contribution in [1.29, 1.82) is 0 Å². The Kier molecular flexibility index (Phi) is 6.50. The van der Waals surface area contributed by atoms with Crippen molar-refractivity contribution in [2.45, 2.75) is 25.7 Å². The number of carbonyl (C=O) groups is 2. The highest BCUT2D eigenvalue weighted by Crippen LogP contribution is 2.37. The molecule has 2 N–H and O–H groups in total. The Morgan fingerprint density at radius 2 is 1.67 bits per heavy atom. The molecular weight excluding hydrogens is 412 g/mol. The first-order valence-electron chi connectivity index (χ1n) is 11.3. The maximum absolute atomic E-state index is 13.1. The first kappa shape index (κ1) is 22.6. The summed E-state index contributed by atoms with van der Waals surface area (Å²) in [7, 11) is 1.66. The van der Waals surface area contributed by atoms with Gasteiger partial charge < -0.3 is 15.4 Å². The lowest BCUT2D eigenvalue weighted by Crippen LogP contribution is -2.43. The Balaban J connectivity index is 1.50. The van der Waals surface area contributed by atoms with Crippen molar-refractivity contribution in [2.24, 2.45) is 11.1 Å². The maximum atomic E-state index is 13.1. The third-order valence-electron chi connectivity index (χ3n) is 6.77. The molecule has 1 heterocycles. The highest BCUT2D eigenvalue weighted by atomic mass is 16.5. The molecule has 1 aliphatic heterocycles. The number of para-hydroxylation sites is 1. The van der Waals surface area contributed by atoms with Crippen LogP contribution in [-0.2, 0) is 16.0 Å². The number of nitrogens with zero attached hydrogens (tertiary/aromatic N) is 1. The Morgan fingerprint density at radius 1 is 1.00 bits per heavy atom. The molecule has 2 atom stereocenters. The average Bonchev–Trinajstić information content (AvgIpc) is 3.29. The van der Waals surface area contributed by atoms with Crippen LogP contribution in [0.4, 0.5) is 0 Å². The van der Waals surface area contributed by atoms with Crippen LogP contribution in [-0.4, -0.2) is 36.9 Å². The molecule has 1 saturated heterocycles. The number of hydrogen-bond acceptors (Lipinski definition) is 3. The molecule has 5 nitrogen and oxygen atoms in total. The predicted molar refractivity (Wildman–Crippen MR) is 130 cm³/mol. The van der Waals surface area contributed by atoms with E-state index in [0.717, 1.165) is 28.0 Å². The van der Waals surface area contributed by atoms with Crippen LogP contribution in [0.3, 0.4) is 0 Å². The molecule has 0 aromatic heterocycles. The number of likely N-dealkylation sites (tertiary alicyclic amines) is 1. The largest absolute Gasteiger partial charge is 0.496 e. The fourth-order valence-electron chi connectivity index (χ4n) is 4.73. The number of carbonyl (C=O) groups excluding carboxylic acids is 2. The minimum absolute atomic E-state index is 0.0378. The van der Waals surface area contributed by atoms with E-state index >= 15 is 0 Å². The molecule has 0 spiro atoms. The van der Waals surface area contributed by atoms with E-state index in [9.17, 15) is 9.59 Å². The van der Waals surface area contributed by atoms with Crippen LogP contribution in [0.1, 0.15) is 30.4 Å². The maximum Gasteiger partial charge on any atom is 0.229 e. The van der Waals surface area contributed by atoms with Gasteiger partial charge in [-0.25, -0.2) is 0 Å². The molecule has 3 aromatic rings. The smallest absolute Gasteiger partial charge is 0.229 e. The molecule has 5 heteroatoms. The molecule has 33 heavy (non-hydrogen) atoms. The van der Waals surface area contributed by atoms with E-state index in [1.54, 1.807) is 12.0 Å². The van der Waals surface area contributed by atoms with Crippen molar-refractivity contribution in [2.75, 3.05) is 20.2 Å². The second kappa shape index (κ2) is 9.49. The van der Waals surface area contributed by atoms with E-state index in [1.165, 1.54) is 0 Å². The molecule has 2 amide bonds. The van der Waals surface area contributed by atoms with E-state index in [1.807, 2.05) is 85.8 Å². The van der Waals surface area contributed by atoms with Crippen molar-refractivity contribution in [3.63, 3.8) is 0 Å². The first-order chi connectivity index (χ1) is 15.9. The zero-order valence-corrected chi connectivity index (χ0v) is 19.2. The van der Waals surface area contributed by atoms with Gasteiger partial charge in [-0.1, -0.05) is 72.8 Å². The summed E-state index contributed by atoms with van der Waals surface area (Å²) in [6.07, 6.45) is 1.09. The van der Waals surface area contributed by atoms with Crippen LogP contribution < -0.4 is 10.5 Å². The van der Waals surface area contributed by atoms with E-state index in [-0.39, 0.29) is 17.7 Å². The summed E-state index contributed by atoms with van der Waals surface area (Å²) in [6.45, 7) is 2.81. The Hall–Kier alpha value is -3.60. The minimum atomic E-state index is -0.752. The van der Waals surface area contributed by atoms with Gasteiger partial charge in [-0.2, -0.15) is 0 Å². The zero-order valence-electron chi connectivity index (χ0n) is 19.2. The van der Waals surface area contributed by atoms with Gasteiger partial charge in [-0.3, -0.25) is 9.59 Å². The van der Waals surface area contributed by atoms with Crippen molar-refractivity contribution in [3.8, 4) is 16.9 Å². The summed E-state index contributed by atoms with van der Waals surface area (Å²) < 4.78 is 5.47. The summed E-state index contributed by atoms with van der Waals surface area (Å²) in [5.74, 6) is 0.251. The summed E-state index contributed by atoms with van der Waals surface area (Å²) >= 11 is 0. The van der Waals surface area contributed by atoms with Gasteiger partial charge >= 0.3 is 0 Å². The van der Waals surface area contributed by atoms with Gasteiger partial charge in [-0.15, -0.1) is 0 Å². The lowest BCUT2D eigenvalue weighted by Gasteiger charge is -2.27. The van der Waals surface area contributed by atoms with Gasteiger partial charge in [0, 0.05) is 18.7 Å². The number of benzene rings is 3. The Morgan fingerprint density at radius 3 is 2.33 bits per heavy atom. The van der Waals surface area contributed by atoms with Crippen LogP contribution in [0.2, 0.25) is 0 Å². The Labute approximate surface area is 195 Å². The molecule has 170 valence electrons. The number of nitrogens with two attached hydrogens (primary N) is 1. The van der Waals surface area contributed by atoms with Gasteiger partial charge in [0.15, 0.2) is 0 Å². The lowest BCUT2D eigenvalue weighted by atomic mass is 9.80. The molecule has 0 unspecified atom stereocenters. The molecule has 1 aliphatic rings. The highest BCUT2D eigenvalue weighted by molar-refractivity contribution is 5.87. The number of ether oxygens (including phenoxy) is 1. The Bertz CT molecular complexity index is 1130. The zero-order chi connectivity index (χ0) is 23.4. The van der Waals surface area contributed by atoms with E-state index in [4.69, 9.17) is 10.5 Å².